The van der Waals surface area contributed by atoms with Gasteiger partial charge in [-0.1, -0.05) is 19.1 Å². The second-order valence-electron chi connectivity index (χ2n) is 6.48. The van der Waals surface area contributed by atoms with Gasteiger partial charge in [0.05, 0.1) is 21.9 Å². The van der Waals surface area contributed by atoms with Crippen molar-refractivity contribution in [2.24, 2.45) is 0 Å². The fourth-order valence-electron chi connectivity index (χ4n) is 2.60. The number of rotatable bonds is 6. The van der Waals surface area contributed by atoms with E-state index < -0.39 is 42.3 Å². The van der Waals surface area contributed by atoms with Crippen LogP contribution in [0.4, 0.5) is 23.2 Å². The van der Waals surface area contributed by atoms with Gasteiger partial charge in [0, 0.05) is 11.3 Å². The Balaban J connectivity index is 1.83. The molecule has 0 saturated heterocycles. The van der Waals surface area contributed by atoms with Crippen molar-refractivity contribution < 1.29 is 34.4 Å². The predicted octanol–water partition coefficient (Wildman–Crippen LogP) is 3.90. The highest BCUT2D eigenvalue weighted by Crippen LogP contribution is 2.33. The lowest BCUT2D eigenvalue weighted by Crippen LogP contribution is -2.15. The summed E-state index contributed by atoms with van der Waals surface area (Å²) in [5, 5.41) is 7.35. The first kappa shape index (κ1) is 23.6. The number of hydrogen-bond acceptors (Lipinski definition) is 6. The first-order valence-corrected chi connectivity index (χ1v) is 12.0. The number of halogens is 4. The number of alkyl halides is 3. The molecule has 170 valence electrons. The largest absolute Gasteiger partial charge is 0.419 e. The van der Waals surface area contributed by atoms with Crippen molar-refractivity contribution in [1.82, 2.24) is 10.2 Å². The Morgan fingerprint density at radius 1 is 0.906 bits per heavy atom. The average Bonchev–Trinajstić information content (AvgIpc) is 2.73. The summed E-state index contributed by atoms with van der Waals surface area (Å²) < 4.78 is 103. The number of sulfonamides is 1. The third kappa shape index (κ3) is 5.05. The van der Waals surface area contributed by atoms with E-state index in [-0.39, 0.29) is 22.5 Å². The topological polar surface area (TPSA) is 106 Å². The summed E-state index contributed by atoms with van der Waals surface area (Å²) in [6.07, 6.45) is -5.05. The van der Waals surface area contributed by atoms with Crippen LogP contribution in [0.25, 0.3) is 11.3 Å². The van der Waals surface area contributed by atoms with Crippen LogP contribution in [0.3, 0.4) is 0 Å². The van der Waals surface area contributed by atoms with Crippen molar-refractivity contribution in [3.8, 4) is 11.3 Å². The van der Waals surface area contributed by atoms with Gasteiger partial charge >= 0.3 is 6.18 Å². The molecule has 32 heavy (non-hydrogen) atoms. The van der Waals surface area contributed by atoms with Crippen LogP contribution in [-0.4, -0.2) is 32.8 Å². The quantitative estimate of drug-likeness (QED) is 0.527. The van der Waals surface area contributed by atoms with E-state index in [1.54, 1.807) is 0 Å². The third-order valence-electron chi connectivity index (χ3n) is 4.33. The van der Waals surface area contributed by atoms with Crippen molar-refractivity contribution in [2.75, 3.05) is 10.5 Å². The normalized spacial score (nSPS) is 12.5. The molecule has 0 aliphatic carbocycles. The lowest BCUT2D eigenvalue weighted by atomic mass is 10.1. The zero-order valence-electron chi connectivity index (χ0n) is 16.3. The van der Waals surface area contributed by atoms with Gasteiger partial charge in [0.1, 0.15) is 5.82 Å². The summed E-state index contributed by atoms with van der Waals surface area (Å²) in [7, 11) is -7.94. The molecule has 0 spiro atoms. The van der Waals surface area contributed by atoms with E-state index in [4.69, 9.17) is 0 Å². The number of nitrogens with zero attached hydrogens (tertiary/aromatic N) is 2. The molecule has 3 aromatic rings. The van der Waals surface area contributed by atoms with Gasteiger partial charge in [-0.3, -0.25) is 4.72 Å². The van der Waals surface area contributed by atoms with Crippen LogP contribution in [0.5, 0.6) is 0 Å². The minimum atomic E-state index is -5.05. The lowest BCUT2D eigenvalue weighted by molar-refractivity contribution is -0.140. The SMILES string of the molecule is CCS(=O)(=O)c1ccc(-c2ccc(NS(=O)(=O)c3ccc(F)c(C(F)(F)F)c3)cc2)nn1. The van der Waals surface area contributed by atoms with E-state index in [9.17, 15) is 34.4 Å². The third-order valence-corrected chi connectivity index (χ3v) is 7.32. The summed E-state index contributed by atoms with van der Waals surface area (Å²) in [4.78, 5) is -0.756. The lowest BCUT2D eigenvalue weighted by Gasteiger charge is -2.12. The van der Waals surface area contributed by atoms with Crippen LogP contribution in [-0.2, 0) is 26.0 Å². The Labute approximate surface area is 181 Å². The van der Waals surface area contributed by atoms with E-state index in [1.165, 1.54) is 43.3 Å². The molecule has 0 saturated carbocycles. The molecule has 7 nitrogen and oxygen atoms in total. The van der Waals surface area contributed by atoms with Crippen molar-refractivity contribution >= 4 is 25.5 Å². The fourth-order valence-corrected chi connectivity index (χ4v) is 4.42. The summed E-state index contributed by atoms with van der Waals surface area (Å²) in [5.74, 6) is -1.71. The minimum Gasteiger partial charge on any atom is -0.280 e. The smallest absolute Gasteiger partial charge is 0.280 e. The highest BCUT2D eigenvalue weighted by atomic mass is 32.2. The first-order chi connectivity index (χ1) is 14.8. The van der Waals surface area contributed by atoms with Crippen LogP contribution >= 0.6 is 0 Å². The Kier molecular flexibility index (Phi) is 6.24. The van der Waals surface area contributed by atoms with Crippen LogP contribution in [0, 0.1) is 5.82 Å². The van der Waals surface area contributed by atoms with Crippen LogP contribution in [0.1, 0.15) is 12.5 Å². The maximum atomic E-state index is 13.4. The molecule has 1 N–H and O–H groups in total. The summed E-state index contributed by atoms with van der Waals surface area (Å²) >= 11 is 0. The molecule has 0 aliphatic heterocycles. The highest BCUT2D eigenvalue weighted by Gasteiger charge is 2.35. The predicted molar refractivity (Wildman–Crippen MR) is 107 cm³/mol. The monoisotopic (exact) mass is 489 g/mol. The van der Waals surface area contributed by atoms with Gasteiger partial charge in [-0.15, -0.1) is 10.2 Å². The maximum Gasteiger partial charge on any atom is 0.419 e. The molecule has 0 fully saturated rings. The van der Waals surface area contributed by atoms with Crippen molar-refractivity contribution in [1.29, 1.82) is 0 Å². The number of hydrogen-bond donors (Lipinski definition) is 1. The number of benzene rings is 2. The number of aromatic nitrogens is 2. The van der Waals surface area contributed by atoms with Crippen molar-refractivity contribution in [3.05, 3.63) is 66.0 Å². The van der Waals surface area contributed by atoms with E-state index in [1.807, 2.05) is 0 Å². The number of anilines is 1. The van der Waals surface area contributed by atoms with Crippen molar-refractivity contribution in [3.63, 3.8) is 0 Å². The molecule has 3 rings (SSSR count). The molecule has 13 heteroatoms. The minimum absolute atomic E-state index is 0.0322. The molecular weight excluding hydrogens is 474 g/mol. The van der Waals surface area contributed by atoms with Gasteiger partial charge < -0.3 is 0 Å². The zero-order valence-corrected chi connectivity index (χ0v) is 17.9. The summed E-state index contributed by atoms with van der Waals surface area (Å²) in [6.45, 7) is 1.47. The molecule has 0 amide bonds. The first-order valence-electron chi connectivity index (χ1n) is 8.90. The molecule has 0 radical (unpaired) electrons. The van der Waals surface area contributed by atoms with E-state index in [0.29, 0.717) is 17.3 Å². The zero-order chi connectivity index (χ0) is 23.7. The maximum absolute atomic E-state index is 13.4. The van der Waals surface area contributed by atoms with E-state index >= 15 is 0 Å². The van der Waals surface area contributed by atoms with Gasteiger partial charge in [-0.2, -0.15) is 13.2 Å². The Morgan fingerprint density at radius 3 is 2.09 bits per heavy atom. The average molecular weight is 489 g/mol. The Morgan fingerprint density at radius 2 is 1.56 bits per heavy atom. The molecule has 1 heterocycles. The van der Waals surface area contributed by atoms with Crippen molar-refractivity contribution in [2.45, 2.75) is 23.0 Å². The second-order valence-corrected chi connectivity index (χ2v) is 10.4. The molecule has 0 aliphatic rings. The Hall–Kier alpha value is -3.06. The molecule has 2 aromatic carbocycles. The van der Waals surface area contributed by atoms with Gasteiger partial charge in [0.2, 0.25) is 0 Å². The van der Waals surface area contributed by atoms with E-state index in [2.05, 4.69) is 14.9 Å². The van der Waals surface area contributed by atoms with Gasteiger partial charge in [-0.25, -0.2) is 21.2 Å². The molecule has 0 unspecified atom stereocenters. The van der Waals surface area contributed by atoms with Crippen LogP contribution < -0.4 is 4.72 Å². The van der Waals surface area contributed by atoms with Gasteiger partial charge in [-0.05, 0) is 42.5 Å². The standard InChI is InChI=1S/C19H15F4N3O4S2/c1-2-31(27,28)18-10-9-17(24-25-18)12-3-5-13(6-4-12)26-32(29,30)14-7-8-16(20)15(11-14)19(21,22)23/h3-11,26H,2H2,1H3. The molecule has 0 atom stereocenters. The Bertz CT molecular complexity index is 1340. The van der Waals surface area contributed by atoms with Crippen LogP contribution in [0.15, 0.2) is 64.5 Å². The van der Waals surface area contributed by atoms with Gasteiger partial charge in [0.15, 0.2) is 14.9 Å². The molecule has 0 bridgehead atoms. The highest BCUT2D eigenvalue weighted by molar-refractivity contribution is 7.92. The summed E-state index contributed by atoms with van der Waals surface area (Å²) in [5.41, 5.74) is -0.850. The number of nitrogens with one attached hydrogen (secondary N) is 1. The molecular formula is C19H15F4N3O4S2. The summed E-state index contributed by atoms with van der Waals surface area (Å²) in [6, 6.07) is 9.69. The van der Waals surface area contributed by atoms with Crippen LogP contribution in [0.2, 0.25) is 0 Å². The molecule has 1 aromatic heterocycles. The number of sulfone groups is 1. The van der Waals surface area contributed by atoms with Gasteiger partial charge in [0.25, 0.3) is 10.0 Å². The fraction of sp³-hybridized carbons (Fsp3) is 0.158. The van der Waals surface area contributed by atoms with E-state index in [0.717, 1.165) is 6.07 Å². The second kappa shape index (κ2) is 8.47.